The Morgan fingerprint density at radius 1 is 1.36 bits per heavy atom. The summed E-state index contributed by atoms with van der Waals surface area (Å²) in [5.74, 6) is -0.490. The molecule has 0 atom stereocenters. The largest absolute Gasteiger partial charge is 0.379 e. The van der Waals surface area contributed by atoms with Gasteiger partial charge in [0.2, 0.25) is 15.9 Å². The molecule has 1 aliphatic heterocycles. The van der Waals surface area contributed by atoms with E-state index in [4.69, 9.17) is 4.74 Å². The first-order valence-electron chi connectivity index (χ1n) is 7.00. The maximum Gasteiger partial charge on any atom is 0.225 e. The van der Waals surface area contributed by atoms with E-state index in [0.717, 1.165) is 10.0 Å². The quantitative estimate of drug-likeness (QED) is 0.830. The normalized spacial score (nSPS) is 16.5. The number of nitrogens with zero attached hydrogens (tertiary/aromatic N) is 1. The second kappa shape index (κ2) is 7.54. The van der Waals surface area contributed by atoms with Crippen LogP contribution in [0.4, 0.5) is 5.69 Å². The number of ether oxygens (including phenoxy) is 1. The van der Waals surface area contributed by atoms with Gasteiger partial charge in [0.15, 0.2) is 0 Å². The fourth-order valence-corrected chi connectivity index (χ4v) is 4.04. The summed E-state index contributed by atoms with van der Waals surface area (Å²) in [6.07, 6.45) is -0.0603. The molecule has 1 heterocycles. The maximum atomic E-state index is 12.1. The molecule has 2 rings (SSSR count). The Bertz CT molecular complexity index is 642. The van der Waals surface area contributed by atoms with Crippen LogP contribution < -0.4 is 5.32 Å². The Morgan fingerprint density at radius 2 is 2.05 bits per heavy atom. The van der Waals surface area contributed by atoms with E-state index in [1.165, 1.54) is 4.31 Å². The van der Waals surface area contributed by atoms with Gasteiger partial charge >= 0.3 is 0 Å². The predicted molar refractivity (Wildman–Crippen MR) is 88.3 cm³/mol. The molecule has 1 fully saturated rings. The maximum absolute atomic E-state index is 12.1. The summed E-state index contributed by atoms with van der Waals surface area (Å²) in [5, 5.41) is 2.75. The van der Waals surface area contributed by atoms with Gasteiger partial charge in [0.1, 0.15) is 0 Å². The van der Waals surface area contributed by atoms with E-state index >= 15 is 0 Å². The molecule has 1 amide bonds. The molecule has 122 valence electrons. The second-order valence-corrected chi connectivity index (χ2v) is 8.09. The molecule has 0 spiro atoms. The van der Waals surface area contributed by atoms with Crippen molar-refractivity contribution in [1.29, 1.82) is 0 Å². The molecule has 0 saturated carbocycles. The van der Waals surface area contributed by atoms with Gasteiger partial charge in [0.05, 0.1) is 19.0 Å². The van der Waals surface area contributed by atoms with E-state index in [2.05, 4.69) is 21.2 Å². The Labute approximate surface area is 139 Å². The van der Waals surface area contributed by atoms with Crippen molar-refractivity contribution in [2.24, 2.45) is 0 Å². The molecular weight excluding hydrogens is 372 g/mol. The third-order valence-electron chi connectivity index (χ3n) is 3.41. The number of halogens is 1. The topological polar surface area (TPSA) is 75.7 Å². The van der Waals surface area contributed by atoms with Crippen LogP contribution in [0.2, 0.25) is 0 Å². The number of nitrogens with one attached hydrogen (secondary N) is 1. The van der Waals surface area contributed by atoms with Crippen molar-refractivity contribution in [1.82, 2.24) is 4.31 Å². The molecule has 0 aliphatic carbocycles. The zero-order chi connectivity index (χ0) is 16.2. The van der Waals surface area contributed by atoms with Crippen LogP contribution >= 0.6 is 15.9 Å². The molecule has 1 aliphatic rings. The molecule has 8 heteroatoms. The van der Waals surface area contributed by atoms with Crippen LogP contribution in [-0.2, 0) is 19.6 Å². The van der Waals surface area contributed by atoms with E-state index in [1.807, 2.05) is 19.1 Å². The number of hydrogen-bond donors (Lipinski definition) is 1. The highest BCUT2D eigenvalue weighted by Crippen LogP contribution is 2.20. The first-order valence-corrected chi connectivity index (χ1v) is 9.40. The van der Waals surface area contributed by atoms with Crippen LogP contribution in [0.25, 0.3) is 0 Å². The van der Waals surface area contributed by atoms with Crippen LogP contribution in [0, 0.1) is 6.92 Å². The number of carbonyl (C=O) groups excluding carboxylic acids is 1. The average molecular weight is 391 g/mol. The SMILES string of the molecule is Cc1cc(Br)ccc1NC(=O)CCS(=O)(=O)N1CCOCC1. The van der Waals surface area contributed by atoms with Gasteiger partial charge in [-0.3, -0.25) is 4.79 Å². The van der Waals surface area contributed by atoms with Crippen molar-refractivity contribution >= 4 is 37.5 Å². The van der Waals surface area contributed by atoms with E-state index in [1.54, 1.807) is 6.07 Å². The standard InChI is InChI=1S/C14H19BrN2O4S/c1-11-10-12(15)2-3-13(11)16-14(18)4-9-22(19,20)17-5-7-21-8-6-17/h2-3,10H,4-9H2,1H3,(H,16,18). The van der Waals surface area contributed by atoms with Crippen molar-refractivity contribution in [2.75, 3.05) is 37.4 Å². The Balaban J connectivity index is 1.89. The van der Waals surface area contributed by atoms with E-state index in [-0.39, 0.29) is 18.1 Å². The molecule has 1 saturated heterocycles. The number of aryl methyl sites for hydroxylation is 1. The summed E-state index contributed by atoms with van der Waals surface area (Å²) < 4.78 is 31.7. The number of carbonyl (C=O) groups is 1. The highest BCUT2D eigenvalue weighted by molar-refractivity contribution is 9.10. The third kappa shape index (κ3) is 4.77. The molecule has 0 unspecified atom stereocenters. The van der Waals surface area contributed by atoms with Gasteiger partial charge in [-0.2, -0.15) is 4.31 Å². The smallest absolute Gasteiger partial charge is 0.225 e. The van der Waals surface area contributed by atoms with Crippen LogP contribution in [0.5, 0.6) is 0 Å². The predicted octanol–water partition coefficient (Wildman–Crippen LogP) is 1.75. The molecule has 1 N–H and O–H groups in total. The van der Waals surface area contributed by atoms with Gasteiger partial charge < -0.3 is 10.1 Å². The molecule has 0 aromatic heterocycles. The third-order valence-corrected chi connectivity index (χ3v) is 5.78. The van der Waals surface area contributed by atoms with Crippen LogP contribution in [0.15, 0.2) is 22.7 Å². The van der Waals surface area contributed by atoms with E-state index < -0.39 is 10.0 Å². The molecule has 6 nitrogen and oxygen atoms in total. The summed E-state index contributed by atoms with van der Waals surface area (Å²) in [7, 11) is -3.40. The number of amides is 1. The summed E-state index contributed by atoms with van der Waals surface area (Å²) in [6, 6.07) is 5.50. The highest BCUT2D eigenvalue weighted by Gasteiger charge is 2.24. The van der Waals surface area contributed by atoms with Crippen LogP contribution in [-0.4, -0.2) is 50.7 Å². The summed E-state index contributed by atoms with van der Waals surface area (Å²) in [4.78, 5) is 11.9. The number of morpholine rings is 1. The first-order chi connectivity index (χ1) is 10.4. The van der Waals surface area contributed by atoms with E-state index in [0.29, 0.717) is 32.0 Å². The minimum atomic E-state index is -3.40. The Hall–Kier alpha value is -0.960. The van der Waals surface area contributed by atoms with Crippen molar-refractivity contribution in [3.8, 4) is 0 Å². The summed E-state index contributed by atoms with van der Waals surface area (Å²) in [5.41, 5.74) is 1.61. The lowest BCUT2D eigenvalue weighted by atomic mass is 10.2. The lowest BCUT2D eigenvalue weighted by Gasteiger charge is -2.25. The van der Waals surface area contributed by atoms with Gasteiger partial charge in [-0.05, 0) is 30.7 Å². The van der Waals surface area contributed by atoms with Gasteiger partial charge in [-0.1, -0.05) is 15.9 Å². The van der Waals surface area contributed by atoms with Gasteiger partial charge in [0, 0.05) is 29.7 Å². The van der Waals surface area contributed by atoms with Crippen molar-refractivity contribution in [2.45, 2.75) is 13.3 Å². The molecular formula is C14H19BrN2O4S. The molecule has 0 bridgehead atoms. The Morgan fingerprint density at radius 3 is 2.68 bits per heavy atom. The summed E-state index contributed by atoms with van der Waals surface area (Å²) in [6.45, 7) is 3.41. The van der Waals surface area contributed by atoms with Gasteiger partial charge in [-0.25, -0.2) is 8.42 Å². The van der Waals surface area contributed by atoms with Crippen molar-refractivity contribution < 1.29 is 17.9 Å². The summed E-state index contributed by atoms with van der Waals surface area (Å²) >= 11 is 3.36. The zero-order valence-corrected chi connectivity index (χ0v) is 14.7. The minimum absolute atomic E-state index is 0.0603. The fourth-order valence-electron chi connectivity index (χ4n) is 2.16. The number of benzene rings is 1. The molecule has 1 aromatic rings. The monoisotopic (exact) mass is 390 g/mol. The molecule has 22 heavy (non-hydrogen) atoms. The zero-order valence-electron chi connectivity index (χ0n) is 12.3. The second-order valence-electron chi connectivity index (χ2n) is 5.08. The molecule has 0 radical (unpaired) electrons. The van der Waals surface area contributed by atoms with Crippen LogP contribution in [0.3, 0.4) is 0 Å². The first kappa shape index (κ1) is 17.4. The van der Waals surface area contributed by atoms with E-state index in [9.17, 15) is 13.2 Å². The number of hydrogen-bond acceptors (Lipinski definition) is 4. The number of sulfonamides is 1. The van der Waals surface area contributed by atoms with Crippen LogP contribution in [0.1, 0.15) is 12.0 Å². The number of anilines is 1. The fraction of sp³-hybridized carbons (Fsp3) is 0.500. The van der Waals surface area contributed by atoms with Crippen molar-refractivity contribution in [3.05, 3.63) is 28.2 Å². The minimum Gasteiger partial charge on any atom is -0.379 e. The van der Waals surface area contributed by atoms with Crippen molar-refractivity contribution in [3.63, 3.8) is 0 Å². The Kier molecular flexibility index (Phi) is 5.96. The lowest BCUT2D eigenvalue weighted by molar-refractivity contribution is -0.115. The molecule has 1 aromatic carbocycles. The van der Waals surface area contributed by atoms with Gasteiger partial charge in [0.25, 0.3) is 0 Å². The van der Waals surface area contributed by atoms with Gasteiger partial charge in [-0.15, -0.1) is 0 Å². The number of rotatable bonds is 5. The highest BCUT2D eigenvalue weighted by atomic mass is 79.9. The lowest BCUT2D eigenvalue weighted by Crippen LogP contribution is -2.42. The average Bonchev–Trinajstić information content (AvgIpc) is 2.49.